The van der Waals surface area contributed by atoms with E-state index in [0.717, 1.165) is 4.57 Å². The molecule has 0 unspecified atom stereocenters. The predicted molar refractivity (Wildman–Crippen MR) is 97.6 cm³/mol. The highest BCUT2D eigenvalue weighted by atomic mass is 19.3. The molecule has 1 fully saturated rings. The number of nitrogens with two attached hydrogens (primary N) is 1. The third-order valence-electron chi connectivity index (χ3n) is 4.75. The van der Waals surface area contributed by atoms with Crippen LogP contribution in [0.4, 0.5) is 8.78 Å². The first-order chi connectivity index (χ1) is 13.4. The fourth-order valence-corrected chi connectivity index (χ4v) is 3.23. The zero-order valence-electron chi connectivity index (χ0n) is 15.3. The summed E-state index contributed by atoms with van der Waals surface area (Å²) in [5.41, 5.74) is 6.11. The molecule has 0 radical (unpaired) electrons. The summed E-state index contributed by atoms with van der Waals surface area (Å²) in [6.07, 6.45) is 1.03. The highest BCUT2D eigenvalue weighted by Gasteiger charge is 2.26. The number of para-hydroxylation sites is 2. The minimum atomic E-state index is -2.79. The van der Waals surface area contributed by atoms with Gasteiger partial charge in [-0.2, -0.15) is 8.78 Å². The summed E-state index contributed by atoms with van der Waals surface area (Å²) in [7, 11) is 0. The standard InChI is InChI=1S/C18H21F2N5O3/c1-11(17-22-13-4-2-3-5-14(13)25(17)18(19)20)23-28-10-15(26)24-8-6-12(7-9-24)16(21)27/h2-5,12,18H,6-10H2,1H3,(H2,21,27). The van der Waals surface area contributed by atoms with Gasteiger partial charge in [-0.3, -0.25) is 14.2 Å². The number of amides is 2. The molecule has 2 aromatic rings. The minimum absolute atomic E-state index is 0.0223. The minimum Gasteiger partial charge on any atom is -0.385 e. The molecule has 0 bridgehead atoms. The number of rotatable bonds is 6. The fourth-order valence-electron chi connectivity index (χ4n) is 3.23. The van der Waals surface area contributed by atoms with Gasteiger partial charge >= 0.3 is 6.55 Å². The Balaban J connectivity index is 1.64. The maximum absolute atomic E-state index is 13.5. The number of fused-ring (bicyclic) bond motifs is 1. The van der Waals surface area contributed by atoms with Gasteiger partial charge in [0.15, 0.2) is 12.4 Å². The molecule has 3 rings (SSSR count). The van der Waals surface area contributed by atoms with E-state index in [9.17, 15) is 18.4 Å². The molecular formula is C18H21F2N5O3. The first-order valence-corrected chi connectivity index (χ1v) is 8.87. The maximum atomic E-state index is 13.5. The van der Waals surface area contributed by atoms with Gasteiger partial charge in [0.1, 0.15) is 5.71 Å². The molecule has 2 heterocycles. The summed E-state index contributed by atoms with van der Waals surface area (Å²) < 4.78 is 27.7. The number of halogens is 2. The first-order valence-electron chi connectivity index (χ1n) is 8.87. The van der Waals surface area contributed by atoms with E-state index in [1.54, 1.807) is 29.2 Å². The Morgan fingerprint density at radius 2 is 2.00 bits per heavy atom. The number of imidazole rings is 1. The van der Waals surface area contributed by atoms with Crippen LogP contribution in [0, 0.1) is 5.92 Å². The highest BCUT2D eigenvalue weighted by Crippen LogP contribution is 2.23. The van der Waals surface area contributed by atoms with Crippen molar-refractivity contribution in [2.75, 3.05) is 19.7 Å². The molecule has 0 atom stereocenters. The number of carbonyl (C=O) groups is 2. The van der Waals surface area contributed by atoms with Crippen molar-refractivity contribution in [3.63, 3.8) is 0 Å². The monoisotopic (exact) mass is 393 g/mol. The molecule has 2 amide bonds. The van der Waals surface area contributed by atoms with E-state index in [4.69, 9.17) is 10.6 Å². The molecular weight excluding hydrogens is 372 g/mol. The number of likely N-dealkylation sites (tertiary alicyclic amines) is 1. The van der Waals surface area contributed by atoms with E-state index in [-0.39, 0.29) is 41.4 Å². The van der Waals surface area contributed by atoms with Crippen molar-refractivity contribution in [2.45, 2.75) is 26.3 Å². The van der Waals surface area contributed by atoms with Crippen molar-refractivity contribution in [1.29, 1.82) is 0 Å². The van der Waals surface area contributed by atoms with Gasteiger partial charge in [-0.15, -0.1) is 0 Å². The Hall–Kier alpha value is -3.04. The van der Waals surface area contributed by atoms with Crippen molar-refractivity contribution in [1.82, 2.24) is 14.5 Å². The molecule has 8 nitrogen and oxygen atoms in total. The third-order valence-corrected chi connectivity index (χ3v) is 4.75. The van der Waals surface area contributed by atoms with Crippen LogP contribution in [0.2, 0.25) is 0 Å². The lowest BCUT2D eigenvalue weighted by Crippen LogP contribution is -2.43. The lowest BCUT2D eigenvalue weighted by molar-refractivity contribution is -0.139. The van der Waals surface area contributed by atoms with Crippen LogP contribution in [0.5, 0.6) is 0 Å². The average Bonchev–Trinajstić information content (AvgIpc) is 3.07. The Bertz CT molecular complexity index is 904. The summed E-state index contributed by atoms with van der Waals surface area (Å²) in [4.78, 5) is 34.2. The van der Waals surface area contributed by atoms with Crippen molar-refractivity contribution in [3.8, 4) is 0 Å². The molecule has 1 saturated heterocycles. The number of aromatic nitrogens is 2. The van der Waals surface area contributed by atoms with Crippen LogP contribution < -0.4 is 5.73 Å². The highest BCUT2D eigenvalue weighted by molar-refractivity contribution is 5.98. The molecule has 28 heavy (non-hydrogen) atoms. The SMILES string of the molecule is CC(=NOCC(=O)N1CCC(C(N)=O)CC1)c1nc2ccccc2n1C(F)F. The Morgan fingerprint density at radius 1 is 1.32 bits per heavy atom. The van der Waals surface area contributed by atoms with Crippen molar-refractivity contribution in [2.24, 2.45) is 16.8 Å². The average molecular weight is 393 g/mol. The largest absolute Gasteiger partial charge is 0.385 e. The number of carbonyl (C=O) groups excluding carboxylic acids is 2. The molecule has 1 aromatic heterocycles. The molecule has 0 spiro atoms. The number of benzene rings is 1. The zero-order valence-corrected chi connectivity index (χ0v) is 15.3. The van der Waals surface area contributed by atoms with Crippen LogP contribution >= 0.6 is 0 Å². The molecule has 2 N–H and O–H groups in total. The number of piperidine rings is 1. The summed E-state index contributed by atoms with van der Waals surface area (Å²) in [5, 5.41) is 3.79. The van der Waals surface area contributed by atoms with Gasteiger partial charge in [0, 0.05) is 19.0 Å². The van der Waals surface area contributed by atoms with E-state index in [2.05, 4.69) is 10.1 Å². The van der Waals surface area contributed by atoms with Crippen molar-refractivity contribution >= 4 is 28.6 Å². The quantitative estimate of drug-likeness (QED) is 0.598. The number of oxime groups is 1. The van der Waals surface area contributed by atoms with Crippen LogP contribution in [0.1, 0.15) is 32.1 Å². The van der Waals surface area contributed by atoms with Crippen LogP contribution in [-0.2, 0) is 14.4 Å². The van der Waals surface area contributed by atoms with Gasteiger partial charge in [0.2, 0.25) is 5.91 Å². The van der Waals surface area contributed by atoms with Crippen molar-refractivity contribution < 1.29 is 23.2 Å². The molecule has 10 heteroatoms. The van der Waals surface area contributed by atoms with E-state index in [0.29, 0.717) is 31.4 Å². The van der Waals surface area contributed by atoms with Gasteiger partial charge in [0.05, 0.1) is 11.0 Å². The van der Waals surface area contributed by atoms with E-state index in [1.165, 1.54) is 6.92 Å². The summed E-state index contributed by atoms with van der Waals surface area (Å²) in [5.74, 6) is -0.883. The lowest BCUT2D eigenvalue weighted by atomic mass is 9.96. The number of primary amides is 1. The number of hydrogen-bond acceptors (Lipinski definition) is 5. The van der Waals surface area contributed by atoms with Gasteiger partial charge < -0.3 is 15.5 Å². The van der Waals surface area contributed by atoms with Crippen LogP contribution in [0.3, 0.4) is 0 Å². The third kappa shape index (κ3) is 4.10. The number of hydrogen-bond donors (Lipinski definition) is 1. The van der Waals surface area contributed by atoms with Gasteiger partial charge in [0.25, 0.3) is 5.91 Å². The summed E-state index contributed by atoms with van der Waals surface area (Å²) in [6, 6.07) is 6.53. The van der Waals surface area contributed by atoms with Crippen molar-refractivity contribution in [3.05, 3.63) is 30.1 Å². The number of alkyl halides is 2. The fraction of sp³-hybridized carbons (Fsp3) is 0.444. The van der Waals surface area contributed by atoms with E-state index < -0.39 is 6.55 Å². The molecule has 0 aliphatic carbocycles. The van der Waals surface area contributed by atoms with Gasteiger partial charge in [-0.1, -0.05) is 17.3 Å². The van der Waals surface area contributed by atoms with Crippen LogP contribution in [0.25, 0.3) is 11.0 Å². The zero-order chi connectivity index (χ0) is 20.3. The molecule has 1 aromatic carbocycles. The lowest BCUT2D eigenvalue weighted by Gasteiger charge is -2.30. The Labute approximate surface area is 159 Å². The second-order valence-corrected chi connectivity index (χ2v) is 6.58. The second-order valence-electron chi connectivity index (χ2n) is 6.58. The first kappa shape index (κ1) is 19.7. The van der Waals surface area contributed by atoms with E-state index in [1.807, 2.05) is 0 Å². The Morgan fingerprint density at radius 3 is 2.64 bits per heavy atom. The summed E-state index contributed by atoms with van der Waals surface area (Å²) >= 11 is 0. The smallest absolute Gasteiger partial charge is 0.320 e. The van der Waals surface area contributed by atoms with Gasteiger partial charge in [-0.05, 0) is 31.9 Å². The molecule has 1 aliphatic heterocycles. The van der Waals surface area contributed by atoms with E-state index >= 15 is 0 Å². The normalized spacial score (nSPS) is 16.0. The molecule has 0 saturated carbocycles. The topological polar surface area (TPSA) is 103 Å². The summed E-state index contributed by atoms with van der Waals surface area (Å²) in [6.45, 7) is -0.795. The van der Waals surface area contributed by atoms with Gasteiger partial charge in [-0.25, -0.2) is 4.98 Å². The molecule has 1 aliphatic rings. The molecule has 150 valence electrons. The van der Waals surface area contributed by atoms with Crippen LogP contribution in [-0.4, -0.2) is 51.7 Å². The Kier molecular flexibility index (Phi) is 5.86. The number of nitrogens with zero attached hydrogens (tertiary/aromatic N) is 4. The second kappa shape index (κ2) is 8.32. The maximum Gasteiger partial charge on any atom is 0.320 e. The predicted octanol–water partition coefficient (Wildman–Crippen LogP) is 1.90. The van der Waals surface area contributed by atoms with Crippen LogP contribution in [0.15, 0.2) is 29.4 Å².